The van der Waals surface area contributed by atoms with Crippen LogP contribution in [0.3, 0.4) is 0 Å². The second-order valence-corrected chi connectivity index (χ2v) is 3.51. The highest BCUT2D eigenvalue weighted by molar-refractivity contribution is 6.32. The van der Waals surface area contributed by atoms with E-state index in [4.69, 9.17) is 23.2 Å². The van der Waals surface area contributed by atoms with Gasteiger partial charge >= 0.3 is 0 Å². The van der Waals surface area contributed by atoms with Crippen molar-refractivity contribution in [1.82, 2.24) is 9.97 Å². The number of hydrogen-bond acceptors (Lipinski definition) is 2. The molecule has 2 aromatic rings. The third-order valence-corrected chi connectivity index (χ3v) is 2.25. The summed E-state index contributed by atoms with van der Waals surface area (Å²) in [7, 11) is 0. The van der Waals surface area contributed by atoms with Crippen molar-refractivity contribution in [2.24, 2.45) is 0 Å². The summed E-state index contributed by atoms with van der Waals surface area (Å²) in [5.74, 6) is -0.660. The van der Waals surface area contributed by atoms with Crippen LogP contribution >= 0.6 is 23.2 Å². The second kappa shape index (κ2) is 4.13. The minimum atomic E-state index is -0.660. The fourth-order valence-electron chi connectivity index (χ4n) is 1.18. The Labute approximate surface area is 95.7 Å². The third kappa shape index (κ3) is 2.08. The van der Waals surface area contributed by atoms with Crippen molar-refractivity contribution in [1.29, 1.82) is 0 Å². The highest BCUT2D eigenvalue weighted by atomic mass is 35.5. The molecule has 0 unspecified atom stereocenters. The number of hydrogen-bond donors (Lipinski definition) is 0. The highest BCUT2D eigenvalue weighted by Gasteiger charge is 2.13. The zero-order valence-corrected chi connectivity index (χ0v) is 8.93. The summed E-state index contributed by atoms with van der Waals surface area (Å²) in [4.78, 5) is 7.30. The minimum absolute atomic E-state index is 0.0692. The molecule has 0 bridgehead atoms. The summed E-state index contributed by atoms with van der Waals surface area (Å²) in [6.07, 6.45) is 0. The maximum atomic E-state index is 13.6. The van der Waals surface area contributed by atoms with Gasteiger partial charge in [-0.3, -0.25) is 0 Å². The molecule has 1 aromatic carbocycles. The molecule has 0 spiro atoms. The van der Waals surface area contributed by atoms with Crippen molar-refractivity contribution in [3.05, 3.63) is 46.6 Å². The summed E-state index contributed by atoms with van der Waals surface area (Å²) < 4.78 is 13.6. The van der Waals surface area contributed by atoms with Crippen molar-refractivity contribution >= 4 is 23.2 Å². The van der Waals surface area contributed by atoms with Gasteiger partial charge in [0.2, 0.25) is 5.28 Å². The van der Waals surface area contributed by atoms with Crippen LogP contribution in [0.15, 0.2) is 30.3 Å². The van der Waals surface area contributed by atoms with E-state index in [-0.39, 0.29) is 16.1 Å². The molecular weight excluding hydrogens is 238 g/mol. The predicted octanol–water partition coefficient (Wildman–Crippen LogP) is 3.59. The van der Waals surface area contributed by atoms with Gasteiger partial charge in [0.25, 0.3) is 0 Å². The van der Waals surface area contributed by atoms with Crippen LogP contribution in [0, 0.1) is 5.82 Å². The lowest BCUT2D eigenvalue weighted by Crippen LogP contribution is -1.94. The Morgan fingerprint density at radius 3 is 2.33 bits per heavy atom. The fraction of sp³-hybridized carbons (Fsp3) is 0. The van der Waals surface area contributed by atoms with Crippen LogP contribution in [0.25, 0.3) is 11.3 Å². The lowest BCUT2D eigenvalue weighted by molar-refractivity contribution is 0.618. The van der Waals surface area contributed by atoms with Crippen molar-refractivity contribution < 1.29 is 4.39 Å². The van der Waals surface area contributed by atoms with E-state index in [2.05, 4.69) is 9.97 Å². The van der Waals surface area contributed by atoms with Crippen LogP contribution in [-0.2, 0) is 0 Å². The van der Waals surface area contributed by atoms with E-state index in [9.17, 15) is 4.39 Å². The molecule has 2 nitrogen and oxygen atoms in total. The van der Waals surface area contributed by atoms with E-state index in [1.807, 2.05) is 6.07 Å². The first kappa shape index (κ1) is 10.3. The Balaban J connectivity index is 2.63. The van der Waals surface area contributed by atoms with E-state index in [1.165, 1.54) is 0 Å². The molecule has 15 heavy (non-hydrogen) atoms. The highest BCUT2D eigenvalue weighted by Crippen LogP contribution is 2.25. The molecular formula is C10H5Cl2FN2. The predicted molar refractivity (Wildman–Crippen MR) is 57.4 cm³/mol. The molecule has 0 fully saturated rings. The topological polar surface area (TPSA) is 25.8 Å². The quantitative estimate of drug-likeness (QED) is 0.565. The number of aromatic nitrogens is 2. The van der Waals surface area contributed by atoms with E-state index in [0.29, 0.717) is 5.56 Å². The maximum absolute atomic E-state index is 13.6. The van der Waals surface area contributed by atoms with Gasteiger partial charge in [-0.15, -0.1) is 0 Å². The van der Waals surface area contributed by atoms with Gasteiger partial charge in [0.15, 0.2) is 11.0 Å². The van der Waals surface area contributed by atoms with Crippen LogP contribution in [0.4, 0.5) is 4.39 Å². The monoisotopic (exact) mass is 242 g/mol. The summed E-state index contributed by atoms with van der Waals surface area (Å²) in [6.45, 7) is 0. The van der Waals surface area contributed by atoms with Gasteiger partial charge < -0.3 is 0 Å². The summed E-state index contributed by atoms with van der Waals surface area (Å²) >= 11 is 11.2. The molecule has 0 radical (unpaired) electrons. The fourth-order valence-corrected chi connectivity index (χ4v) is 1.56. The number of halogens is 3. The first-order valence-corrected chi connectivity index (χ1v) is 4.88. The molecule has 76 valence electrons. The van der Waals surface area contributed by atoms with Gasteiger partial charge in [0.1, 0.15) is 5.69 Å². The Bertz CT molecular complexity index is 488. The Morgan fingerprint density at radius 1 is 1.00 bits per heavy atom. The molecule has 0 amide bonds. The standard InChI is InChI=1S/C10H5Cl2FN2/c11-9-7(13)8(14-10(12)15-9)6-4-2-1-3-5-6/h1-5H. The van der Waals surface area contributed by atoms with Gasteiger partial charge in [-0.2, -0.15) is 0 Å². The van der Waals surface area contributed by atoms with Crippen LogP contribution in [0.1, 0.15) is 0 Å². The summed E-state index contributed by atoms with van der Waals surface area (Å²) in [5.41, 5.74) is 0.724. The van der Waals surface area contributed by atoms with Crippen molar-refractivity contribution in [2.75, 3.05) is 0 Å². The Kier molecular flexibility index (Phi) is 2.84. The van der Waals surface area contributed by atoms with Crippen LogP contribution in [0.5, 0.6) is 0 Å². The molecule has 0 saturated carbocycles. The normalized spacial score (nSPS) is 10.3. The SMILES string of the molecule is Fc1c(Cl)nc(Cl)nc1-c1ccccc1. The first-order valence-electron chi connectivity index (χ1n) is 4.12. The molecule has 0 aliphatic carbocycles. The van der Waals surface area contributed by atoms with Crippen LogP contribution in [0.2, 0.25) is 10.4 Å². The van der Waals surface area contributed by atoms with Crippen LogP contribution in [-0.4, -0.2) is 9.97 Å². The molecule has 1 aromatic heterocycles. The van der Waals surface area contributed by atoms with Crippen molar-refractivity contribution in [3.63, 3.8) is 0 Å². The lowest BCUT2D eigenvalue weighted by atomic mass is 10.1. The van der Waals surface area contributed by atoms with Gasteiger partial charge in [-0.1, -0.05) is 41.9 Å². The van der Waals surface area contributed by atoms with Crippen LogP contribution < -0.4 is 0 Å². The van der Waals surface area contributed by atoms with Gasteiger partial charge in [-0.25, -0.2) is 14.4 Å². The van der Waals surface area contributed by atoms with Crippen molar-refractivity contribution in [3.8, 4) is 11.3 Å². The number of rotatable bonds is 1. The van der Waals surface area contributed by atoms with Crippen molar-refractivity contribution in [2.45, 2.75) is 0 Å². The number of benzene rings is 1. The van der Waals surface area contributed by atoms with E-state index in [1.54, 1.807) is 24.3 Å². The molecule has 0 atom stereocenters. The summed E-state index contributed by atoms with van der Waals surface area (Å²) in [5, 5.41) is -0.339. The Morgan fingerprint density at radius 2 is 1.67 bits per heavy atom. The molecule has 0 N–H and O–H groups in total. The maximum Gasteiger partial charge on any atom is 0.224 e. The largest absolute Gasteiger partial charge is 0.224 e. The zero-order valence-electron chi connectivity index (χ0n) is 7.42. The minimum Gasteiger partial charge on any atom is -0.215 e. The summed E-state index contributed by atoms with van der Waals surface area (Å²) in [6, 6.07) is 8.82. The molecule has 2 rings (SSSR count). The average Bonchev–Trinajstić information content (AvgIpc) is 2.24. The van der Waals surface area contributed by atoms with E-state index in [0.717, 1.165) is 0 Å². The zero-order chi connectivity index (χ0) is 10.8. The molecule has 0 aliphatic heterocycles. The third-order valence-electron chi connectivity index (χ3n) is 1.83. The number of nitrogens with zero attached hydrogens (tertiary/aromatic N) is 2. The Hall–Kier alpha value is -1.19. The first-order chi connectivity index (χ1) is 7.18. The molecule has 5 heteroatoms. The van der Waals surface area contributed by atoms with E-state index < -0.39 is 5.82 Å². The van der Waals surface area contributed by atoms with Gasteiger partial charge in [0, 0.05) is 5.56 Å². The molecule has 0 aliphatic rings. The molecule has 1 heterocycles. The van der Waals surface area contributed by atoms with Gasteiger partial charge in [-0.05, 0) is 11.6 Å². The molecule has 0 saturated heterocycles. The van der Waals surface area contributed by atoms with Gasteiger partial charge in [0.05, 0.1) is 0 Å². The average molecular weight is 243 g/mol. The smallest absolute Gasteiger partial charge is 0.215 e. The lowest BCUT2D eigenvalue weighted by Gasteiger charge is -2.03. The second-order valence-electron chi connectivity index (χ2n) is 2.81. The van der Waals surface area contributed by atoms with E-state index >= 15 is 0 Å².